The number of hydrogen-bond acceptors (Lipinski definition) is 5. The van der Waals surface area contributed by atoms with Crippen LogP contribution in [0, 0.1) is 0 Å². The Hall–Kier alpha value is -0.490. The van der Waals surface area contributed by atoms with Crippen molar-refractivity contribution in [3.63, 3.8) is 0 Å². The second kappa shape index (κ2) is 6.52. The lowest BCUT2D eigenvalue weighted by atomic mass is 9.90. The minimum absolute atomic E-state index is 0.415. The number of fused-ring (bicyclic) bond motifs is 2. The van der Waals surface area contributed by atoms with Crippen LogP contribution >= 0.6 is 11.3 Å². The number of rotatable bonds is 7. The van der Waals surface area contributed by atoms with Crippen molar-refractivity contribution in [2.75, 3.05) is 13.7 Å². The average molecular weight is 296 g/mol. The molecule has 2 aliphatic heterocycles. The molecule has 3 unspecified atom stereocenters. The Kier molecular flexibility index (Phi) is 4.71. The van der Waals surface area contributed by atoms with Crippen molar-refractivity contribution >= 4 is 11.3 Å². The fraction of sp³-hybridized carbons (Fsp3) is 0.800. The summed E-state index contributed by atoms with van der Waals surface area (Å²) >= 11 is 1.85. The van der Waals surface area contributed by atoms with Crippen LogP contribution in [0.2, 0.25) is 0 Å². The molecular formula is C15H24N2O2S. The molecule has 0 radical (unpaired) electrons. The van der Waals surface area contributed by atoms with Crippen LogP contribution in [0.15, 0.2) is 0 Å². The van der Waals surface area contributed by atoms with E-state index in [0.717, 1.165) is 31.6 Å². The zero-order valence-electron chi connectivity index (χ0n) is 12.4. The van der Waals surface area contributed by atoms with Gasteiger partial charge in [-0.3, -0.25) is 0 Å². The van der Waals surface area contributed by atoms with Crippen LogP contribution in [0.1, 0.15) is 54.1 Å². The zero-order chi connectivity index (χ0) is 13.9. The highest BCUT2D eigenvalue weighted by molar-refractivity contribution is 7.11. The first kappa shape index (κ1) is 14.4. The fourth-order valence-electron chi connectivity index (χ4n) is 3.23. The lowest BCUT2D eigenvalue weighted by Gasteiger charge is -2.15. The zero-order valence-corrected chi connectivity index (χ0v) is 13.2. The molecule has 3 atom stereocenters. The van der Waals surface area contributed by atoms with Crippen LogP contribution in [0.25, 0.3) is 0 Å². The molecule has 0 saturated carbocycles. The van der Waals surface area contributed by atoms with E-state index >= 15 is 0 Å². The first-order chi connectivity index (χ1) is 9.81. The SMILES string of the molecule is CCCNCc1sc(C2CC3CCC2O3)nc1COC. The van der Waals surface area contributed by atoms with Gasteiger partial charge < -0.3 is 14.8 Å². The van der Waals surface area contributed by atoms with Gasteiger partial charge in [-0.15, -0.1) is 11.3 Å². The van der Waals surface area contributed by atoms with Gasteiger partial charge in [-0.25, -0.2) is 4.98 Å². The number of nitrogens with zero attached hydrogens (tertiary/aromatic N) is 1. The number of nitrogens with one attached hydrogen (secondary N) is 1. The summed E-state index contributed by atoms with van der Waals surface area (Å²) in [7, 11) is 1.74. The highest BCUT2D eigenvalue weighted by atomic mass is 32.1. The molecular weight excluding hydrogens is 272 g/mol. The van der Waals surface area contributed by atoms with Gasteiger partial charge in [0, 0.05) is 24.4 Å². The lowest BCUT2D eigenvalue weighted by molar-refractivity contribution is 0.100. The standard InChI is InChI=1S/C15H24N2O2S/c1-3-6-16-8-14-12(9-18-2)17-15(20-14)11-7-10-4-5-13(11)19-10/h10-11,13,16H,3-9H2,1-2H3. The molecule has 0 amide bonds. The Morgan fingerprint density at radius 1 is 1.45 bits per heavy atom. The van der Waals surface area contributed by atoms with E-state index < -0.39 is 0 Å². The quantitative estimate of drug-likeness (QED) is 0.786. The molecule has 20 heavy (non-hydrogen) atoms. The Morgan fingerprint density at radius 3 is 3.00 bits per heavy atom. The topological polar surface area (TPSA) is 43.4 Å². The molecule has 2 fully saturated rings. The van der Waals surface area contributed by atoms with Gasteiger partial charge >= 0.3 is 0 Å². The third-order valence-electron chi connectivity index (χ3n) is 4.21. The van der Waals surface area contributed by atoms with Crippen LogP contribution in [-0.2, 0) is 22.6 Å². The number of methoxy groups -OCH3 is 1. The minimum Gasteiger partial charge on any atom is -0.378 e. The van der Waals surface area contributed by atoms with Crippen molar-refractivity contribution < 1.29 is 9.47 Å². The van der Waals surface area contributed by atoms with Gasteiger partial charge in [-0.2, -0.15) is 0 Å². The van der Waals surface area contributed by atoms with Gasteiger partial charge in [0.2, 0.25) is 0 Å². The summed E-state index contributed by atoms with van der Waals surface area (Å²) < 4.78 is 11.3. The van der Waals surface area contributed by atoms with E-state index in [-0.39, 0.29) is 0 Å². The van der Waals surface area contributed by atoms with E-state index in [0.29, 0.717) is 24.7 Å². The molecule has 112 valence electrons. The molecule has 1 N–H and O–H groups in total. The summed E-state index contributed by atoms with van der Waals surface area (Å²) in [6.07, 6.45) is 5.66. The lowest BCUT2D eigenvalue weighted by Crippen LogP contribution is -2.14. The normalized spacial score (nSPS) is 28.4. The maximum atomic E-state index is 5.97. The van der Waals surface area contributed by atoms with E-state index in [1.807, 2.05) is 11.3 Å². The largest absolute Gasteiger partial charge is 0.378 e. The number of ether oxygens (including phenoxy) is 2. The molecule has 3 heterocycles. The fourth-order valence-corrected chi connectivity index (χ4v) is 4.43. The van der Waals surface area contributed by atoms with Crippen molar-refractivity contribution in [2.24, 2.45) is 0 Å². The van der Waals surface area contributed by atoms with Crippen LogP contribution in [0.5, 0.6) is 0 Å². The maximum Gasteiger partial charge on any atom is 0.0990 e. The number of aromatic nitrogens is 1. The van der Waals surface area contributed by atoms with Crippen LogP contribution in [0.3, 0.4) is 0 Å². The molecule has 0 aliphatic carbocycles. The predicted molar refractivity (Wildman–Crippen MR) is 80.1 cm³/mol. The third kappa shape index (κ3) is 2.91. The van der Waals surface area contributed by atoms with Crippen LogP contribution < -0.4 is 5.32 Å². The Morgan fingerprint density at radius 2 is 2.35 bits per heavy atom. The predicted octanol–water partition coefficient (Wildman–Crippen LogP) is 2.82. The summed E-state index contributed by atoms with van der Waals surface area (Å²) in [4.78, 5) is 6.18. The highest BCUT2D eigenvalue weighted by Gasteiger charge is 2.43. The van der Waals surface area contributed by atoms with Gasteiger partial charge in [0.25, 0.3) is 0 Å². The van der Waals surface area contributed by atoms with Gasteiger partial charge in [0.15, 0.2) is 0 Å². The van der Waals surface area contributed by atoms with E-state index in [1.165, 1.54) is 22.7 Å². The summed E-state index contributed by atoms with van der Waals surface area (Å²) in [6.45, 7) is 4.76. The van der Waals surface area contributed by atoms with Gasteiger partial charge in [-0.1, -0.05) is 6.92 Å². The summed E-state index contributed by atoms with van der Waals surface area (Å²) in [5.41, 5.74) is 1.11. The first-order valence-corrected chi connectivity index (χ1v) is 8.47. The molecule has 0 aromatic carbocycles. The van der Waals surface area contributed by atoms with Crippen molar-refractivity contribution in [3.8, 4) is 0 Å². The van der Waals surface area contributed by atoms with Crippen LogP contribution in [0.4, 0.5) is 0 Å². The molecule has 1 aromatic rings. The molecule has 5 heteroatoms. The summed E-state index contributed by atoms with van der Waals surface area (Å²) in [6, 6.07) is 0. The van der Waals surface area contributed by atoms with Crippen molar-refractivity contribution in [2.45, 2.75) is 63.9 Å². The molecule has 1 aromatic heterocycles. The van der Waals surface area contributed by atoms with Crippen molar-refractivity contribution in [3.05, 3.63) is 15.6 Å². The van der Waals surface area contributed by atoms with E-state index in [1.54, 1.807) is 7.11 Å². The third-order valence-corrected chi connectivity index (χ3v) is 5.44. The molecule has 4 nitrogen and oxygen atoms in total. The average Bonchev–Trinajstić information content (AvgIpc) is 3.14. The van der Waals surface area contributed by atoms with E-state index in [9.17, 15) is 0 Å². The first-order valence-electron chi connectivity index (χ1n) is 7.65. The second-order valence-electron chi connectivity index (χ2n) is 5.75. The maximum absolute atomic E-state index is 5.97. The molecule has 2 saturated heterocycles. The van der Waals surface area contributed by atoms with Crippen molar-refractivity contribution in [1.82, 2.24) is 10.3 Å². The van der Waals surface area contributed by atoms with Crippen molar-refractivity contribution in [1.29, 1.82) is 0 Å². The Labute approximate surface area is 124 Å². The molecule has 2 aliphatic rings. The monoisotopic (exact) mass is 296 g/mol. The van der Waals surface area contributed by atoms with Gasteiger partial charge in [0.05, 0.1) is 29.5 Å². The molecule has 3 rings (SSSR count). The Balaban J connectivity index is 1.72. The molecule has 0 spiro atoms. The second-order valence-corrected chi connectivity index (χ2v) is 6.86. The number of thiazole rings is 1. The smallest absolute Gasteiger partial charge is 0.0990 e. The van der Waals surface area contributed by atoms with Gasteiger partial charge in [0.1, 0.15) is 0 Å². The van der Waals surface area contributed by atoms with E-state index in [4.69, 9.17) is 14.5 Å². The van der Waals surface area contributed by atoms with E-state index in [2.05, 4.69) is 12.2 Å². The summed E-state index contributed by atoms with van der Waals surface area (Å²) in [5, 5.41) is 4.73. The summed E-state index contributed by atoms with van der Waals surface area (Å²) in [5.74, 6) is 0.522. The van der Waals surface area contributed by atoms with Gasteiger partial charge in [-0.05, 0) is 32.2 Å². The Bertz CT molecular complexity index is 449. The highest BCUT2D eigenvalue weighted by Crippen LogP contribution is 2.45. The van der Waals surface area contributed by atoms with Crippen LogP contribution in [-0.4, -0.2) is 30.8 Å². The number of hydrogen-bond donors (Lipinski definition) is 1. The molecule has 2 bridgehead atoms. The minimum atomic E-state index is 0.415.